The van der Waals surface area contributed by atoms with Gasteiger partial charge in [0.05, 0.1) is 25.4 Å². The van der Waals surface area contributed by atoms with Gasteiger partial charge < -0.3 is 14.5 Å². The van der Waals surface area contributed by atoms with Crippen molar-refractivity contribution in [1.29, 1.82) is 0 Å². The van der Waals surface area contributed by atoms with Crippen LogP contribution in [0, 0.1) is 0 Å². The van der Waals surface area contributed by atoms with Crippen LogP contribution in [-0.4, -0.2) is 73.2 Å². The van der Waals surface area contributed by atoms with Crippen LogP contribution in [0.15, 0.2) is 61.2 Å². The van der Waals surface area contributed by atoms with Crippen molar-refractivity contribution in [2.45, 2.75) is 18.1 Å². The number of morpholine rings is 1. The van der Waals surface area contributed by atoms with Gasteiger partial charge in [0.25, 0.3) is 11.8 Å². The molecule has 5 heterocycles. The first-order valence-corrected chi connectivity index (χ1v) is 10.6. The van der Waals surface area contributed by atoms with Crippen LogP contribution in [0.2, 0.25) is 0 Å². The predicted octanol–water partition coefficient (Wildman–Crippen LogP) is 1.25. The number of likely N-dealkylation sites (tertiary alicyclic amines) is 1. The van der Waals surface area contributed by atoms with Crippen molar-refractivity contribution in [2.24, 2.45) is 7.05 Å². The van der Waals surface area contributed by atoms with E-state index in [1.165, 1.54) is 0 Å². The van der Waals surface area contributed by atoms with Crippen LogP contribution in [0.5, 0.6) is 0 Å². The van der Waals surface area contributed by atoms with E-state index in [0.717, 1.165) is 11.3 Å². The lowest BCUT2D eigenvalue weighted by Crippen LogP contribution is -2.60. The first kappa shape index (κ1) is 20.3. The van der Waals surface area contributed by atoms with Crippen LogP contribution in [0.1, 0.15) is 27.7 Å². The molecule has 9 nitrogen and oxygen atoms in total. The fourth-order valence-corrected chi connectivity index (χ4v) is 4.65. The number of hydrogen-bond acceptors (Lipinski definition) is 6. The van der Waals surface area contributed by atoms with E-state index in [-0.39, 0.29) is 24.3 Å². The van der Waals surface area contributed by atoms with E-state index >= 15 is 0 Å². The molecule has 0 aromatic carbocycles. The van der Waals surface area contributed by atoms with Gasteiger partial charge in [-0.25, -0.2) is 0 Å². The SMILES string of the molecule is Cn1nccc1C(=O)N1C[C@@H](c2cccnc2)[C@]2(C1)OCCN(Cc1ccccn1)C2=O. The van der Waals surface area contributed by atoms with Crippen LogP contribution < -0.4 is 0 Å². The van der Waals surface area contributed by atoms with E-state index in [1.54, 1.807) is 52.4 Å². The lowest BCUT2D eigenvalue weighted by atomic mass is 9.83. The van der Waals surface area contributed by atoms with Gasteiger partial charge in [-0.15, -0.1) is 0 Å². The van der Waals surface area contributed by atoms with Crippen molar-refractivity contribution >= 4 is 11.8 Å². The van der Waals surface area contributed by atoms with Crippen molar-refractivity contribution in [1.82, 2.24) is 29.5 Å². The molecule has 32 heavy (non-hydrogen) atoms. The number of carbonyl (C=O) groups is 2. The minimum atomic E-state index is -1.16. The van der Waals surface area contributed by atoms with Gasteiger partial charge in [-0.2, -0.15) is 5.10 Å². The summed E-state index contributed by atoms with van der Waals surface area (Å²) < 4.78 is 7.79. The summed E-state index contributed by atoms with van der Waals surface area (Å²) >= 11 is 0. The Labute approximate surface area is 185 Å². The smallest absolute Gasteiger partial charge is 0.272 e. The van der Waals surface area contributed by atoms with Crippen LogP contribution in [0.4, 0.5) is 0 Å². The van der Waals surface area contributed by atoms with Crippen molar-refractivity contribution < 1.29 is 14.3 Å². The standard InChI is InChI=1S/C23H24N6O3/c1-27-20(7-10-26-27)21(30)29-15-19(17-5-4-8-24-13-17)23(16-29)22(31)28(11-12-32-23)14-18-6-2-3-9-25-18/h2-10,13,19H,11-12,14-16H2,1H3/t19-,23-/m0/s1. The zero-order valence-corrected chi connectivity index (χ0v) is 17.8. The zero-order valence-electron chi connectivity index (χ0n) is 17.8. The van der Waals surface area contributed by atoms with Crippen molar-refractivity contribution in [2.75, 3.05) is 26.2 Å². The second-order valence-electron chi connectivity index (χ2n) is 8.15. The molecule has 9 heteroatoms. The molecule has 0 bridgehead atoms. The van der Waals surface area contributed by atoms with Gasteiger partial charge in [0, 0.05) is 50.8 Å². The molecule has 0 N–H and O–H groups in total. The topological polar surface area (TPSA) is 93.4 Å². The maximum Gasteiger partial charge on any atom is 0.272 e. The Bertz CT molecular complexity index is 1120. The molecule has 2 aliphatic heterocycles. The first-order chi connectivity index (χ1) is 15.6. The molecule has 0 unspecified atom stereocenters. The fourth-order valence-electron chi connectivity index (χ4n) is 4.65. The summed E-state index contributed by atoms with van der Waals surface area (Å²) in [7, 11) is 1.73. The fraction of sp³-hybridized carbons (Fsp3) is 0.348. The van der Waals surface area contributed by atoms with Crippen LogP contribution in [-0.2, 0) is 23.1 Å². The summed E-state index contributed by atoms with van der Waals surface area (Å²) in [6, 6.07) is 11.1. The summed E-state index contributed by atoms with van der Waals surface area (Å²) in [4.78, 5) is 39.2. The number of carbonyl (C=O) groups excluding carboxylic acids is 2. The minimum Gasteiger partial charge on any atom is -0.361 e. The first-order valence-electron chi connectivity index (χ1n) is 10.6. The zero-order chi connectivity index (χ0) is 22.1. The molecular formula is C23H24N6O3. The normalized spacial score (nSPS) is 23.2. The molecule has 0 aliphatic carbocycles. The highest BCUT2D eigenvalue weighted by molar-refractivity contribution is 5.95. The third kappa shape index (κ3) is 3.44. The Kier molecular flexibility index (Phi) is 5.18. The van der Waals surface area contributed by atoms with Crippen molar-refractivity contribution in [3.05, 3.63) is 78.1 Å². The maximum absolute atomic E-state index is 13.9. The average molecular weight is 432 g/mol. The number of rotatable bonds is 4. The highest BCUT2D eigenvalue weighted by Gasteiger charge is 2.58. The Morgan fingerprint density at radius 3 is 2.81 bits per heavy atom. The lowest BCUT2D eigenvalue weighted by Gasteiger charge is -2.42. The van der Waals surface area contributed by atoms with Crippen LogP contribution >= 0.6 is 0 Å². The molecule has 3 aromatic rings. The molecular weight excluding hydrogens is 408 g/mol. The largest absolute Gasteiger partial charge is 0.361 e. The average Bonchev–Trinajstić information content (AvgIpc) is 3.42. The molecule has 5 rings (SSSR count). The van der Waals surface area contributed by atoms with Gasteiger partial charge in [0.1, 0.15) is 5.69 Å². The van der Waals surface area contributed by atoms with E-state index in [2.05, 4.69) is 15.1 Å². The van der Waals surface area contributed by atoms with E-state index in [4.69, 9.17) is 4.74 Å². The summed E-state index contributed by atoms with van der Waals surface area (Å²) in [5.41, 5.74) is 1.00. The third-order valence-electron chi connectivity index (χ3n) is 6.25. The molecule has 164 valence electrons. The van der Waals surface area contributed by atoms with Gasteiger partial charge in [0.15, 0.2) is 5.60 Å². The highest BCUT2D eigenvalue weighted by Crippen LogP contribution is 2.42. The van der Waals surface area contributed by atoms with Gasteiger partial charge in [0.2, 0.25) is 0 Å². The summed E-state index contributed by atoms with van der Waals surface area (Å²) in [6.45, 7) is 1.81. The molecule has 2 fully saturated rings. The Balaban J connectivity index is 1.49. The monoisotopic (exact) mass is 432 g/mol. The Morgan fingerprint density at radius 1 is 1.19 bits per heavy atom. The maximum atomic E-state index is 13.9. The number of amides is 2. The van der Waals surface area contributed by atoms with E-state index in [0.29, 0.717) is 31.9 Å². The number of nitrogens with zero attached hydrogens (tertiary/aromatic N) is 6. The van der Waals surface area contributed by atoms with Gasteiger partial charge >= 0.3 is 0 Å². The number of hydrogen-bond donors (Lipinski definition) is 0. The summed E-state index contributed by atoms with van der Waals surface area (Å²) in [5.74, 6) is -0.620. The van der Waals surface area contributed by atoms with Crippen LogP contribution in [0.25, 0.3) is 0 Å². The van der Waals surface area contributed by atoms with E-state index in [9.17, 15) is 9.59 Å². The minimum absolute atomic E-state index is 0.122. The third-order valence-corrected chi connectivity index (χ3v) is 6.25. The van der Waals surface area contributed by atoms with Crippen molar-refractivity contribution in [3.63, 3.8) is 0 Å². The molecule has 2 aliphatic rings. The molecule has 1 spiro atoms. The van der Waals surface area contributed by atoms with Gasteiger partial charge in [-0.3, -0.25) is 24.2 Å². The lowest BCUT2D eigenvalue weighted by molar-refractivity contribution is -0.172. The van der Waals surface area contributed by atoms with Crippen molar-refractivity contribution in [3.8, 4) is 0 Å². The Hall–Kier alpha value is -3.59. The van der Waals surface area contributed by atoms with Gasteiger partial charge in [-0.05, 0) is 29.8 Å². The number of aromatic nitrogens is 4. The van der Waals surface area contributed by atoms with Crippen LogP contribution in [0.3, 0.4) is 0 Å². The molecule has 3 aromatic heterocycles. The number of aryl methyl sites for hydroxylation is 1. The second kappa shape index (κ2) is 8.16. The highest BCUT2D eigenvalue weighted by atomic mass is 16.5. The molecule has 2 saturated heterocycles. The predicted molar refractivity (Wildman–Crippen MR) is 114 cm³/mol. The van der Waals surface area contributed by atoms with Gasteiger partial charge in [-0.1, -0.05) is 12.1 Å². The van der Waals surface area contributed by atoms with E-state index < -0.39 is 5.60 Å². The quantitative estimate of drug-likeness (QED) is 0.616. The molecule has 0 saturated carbocycles. The molecule has 2 atom stereocenters. The molecule has 2 amide bonds. The number of pyridine rings is 2. The Morgan fingerprint density at radius 2 is 2.09 bits per heavy atom. The summed E-state index contributed by atoms with van der Waals surface area (Å²) in [5, 5.41) is 4.11. The molecule has 0 radical (unpaired) electrons. The second-order valence-corrected chi connectivity index (χ2v) is 8.15. The number of ether oxygens (including phenoxy) is 1. The summed E-state index contributed by atoms with van der Waals surface area (Å²) in [6.07, 6.45) is 6.76. The van der Waals surface area contributed by atoms with E-state index in [1.807, 2.05) is 30.3 Å².